The SMILES string of the molecule is CCOC(COC[C@@H](C)CC)OCC. The van der Waals surface area contributed by atoms with Gasteiger partial charge < -0.3 is 14.2 Å². The Morgan fingerprint density at radius 1 is 0.929 bits per heavy atom. The number of ether oxygens (including phenoxy) is 3. The molecule has 86 valence electrons. The predicted octanol–water partition coefficient (Wildman–Crippen LogP) is 2.45. The second kappa shape index (κ2) is 9.44. The quantitative estimate of drug-likeness (QED) is 0.540. The largest absolute Gasteiger partial charge is 0.376 e. The van der Waals surface area contributed by atoms with Crippen molar-refractivity contribution in [3.05, 3.63) is 0 Å². The summed E-state index contributed by atoms with van der Waals surface area (Å²) in [7, 11) is 0. The van der Waals surface area contributed by atoms with Crippen LogP contribution in [0.2, 0.25) is 0 Å². The van der Waals surface area contributed by atoms with Gasteiger partial charge in [-0.15, -0.1) is 0 Å². The highest BCUT2D eigenvalue weighted by Gasteiger charge is 2.08. The summed E-state index contributed by atoms with van der Waals surface area (Å²) in [6.45, 7) is 10.9. The summed E-state index contributed by atoms with van der Waals surface area (Å²) in [5, 5.41) is 0. The molecule has 0 aliphatic heterocycles. The fourth-order valence-electron chi connectivity index (χ4n) is 0.999. The van der Waals surface area contributed by atoms with E-state index in [2.05, 4.69) is 13.8 Å². The summed E-state index contributed by atoms with van der Waals surface area (Å²) in [5.41, 5.74) is 0. The van der Waals surface area contributed by atoms with Gasteiger partial charge in [0.2, 0.25) is 0 Å². The Bertz CT molecular complexity index is 111. The van der Waals surface area contributed by atoms with E-state index in [0.29, 0.717) is 25.7 Å². The normalized spacial score (nSPS) is 13.5. The molecule has 0 fully saturated rings. The van der Waals surface area contributed by atoms with E-state index >= 15 is 0 Å². The molecule has 0 N–H and O–H groups in total. The Morgan fingerprint density at radius 3 is 1.93 bits per heavy atom. The van der Waals surface area contributed by atoms with Crippen LogP contribution in [0.25, 0.3) is 0 Å². The van der Waals surface area contributed by atoms with Crippen LogP contribution in [0.5, 0.6) is 0 Å². The second-order valence-corrected chi connectivity index (χ2v) is 3.39. The molecule has 0 amide bonds. The molecule has 3 heteroatoms. The van der Waals surface area contributed by atoms with Crippen LogP contribution < -0.4 is 0 Å². The summed E-state index contributed by atoms with van der Waals surface area (Å²) in [4.78, 5) is 0. The zero-order valence-corrected chi connectivity index (χ0v) is 9.91. The van der Waals surface area contributed by atoms with E-state index in [1.165, 1.54) is 0 Å². The maximum Gasteiger partial charge on any atom is 0.180 e. The Hall–Kier alpha value is -0.120. The van der Waals surface area contributed by atoms with Crippen LogP contribution in [0.3, 0.4) is 0 Å². The van der Waals surface area contributed by atoms with Crippen molar-refractivity contribution in [2.45, 2.75) is 40.4 Å². The molecule has 0 rings (SSSR count). The van der Waals surface area contributed by atoms with Crippen LogP contribution in [0, 0.1) is 5.92 Å². The molecule has 0 aromatic heterocycles. The minimum atomic E-state index is -0.200. The zero-order valence-electron chi connectivity index (χ0n) is 9.91. The van der Waals surface area contributed by atoms with Crippen LogP contribution in [-0.2, 0) is 14.2 Å². The first-order valence-corrected chi connectivity index (χ1v) is 5.55. The lowest BCUT2D eigenvalue weighted by Crippen LogP contribution is -2.24. The fraction of sp³-hybridized carbons (Fsp3) is 1.00. The van der Waals surface area contributed by atoms with Gasteiger partial charge in [0.15, 0.2) is 6.29 Å². The molecule has 0 bridgehead atoms. The molecular weight excluding hydrogens is 180 g/mol. The zero-order chi connectivity index (χ0) is 10.8. The average molecular weight is 204 g/mol. The van der Waals surface area contributed by atoms with E-state index in [1.807, 2.05) is 13.8 Å². The highest BCUT2D eigenvalue weighted by molar-refractivity contribution is 4.48. The fourth-order valence-corrected chi connectivity index (χ4v) is 0.999. The van der Waals surface area contributed by atoms with Crippen LogP contribution in [-0.4, -0.2) is 32.7 Å². The van der Waals surface area contributed by atoms with Crippen molar-refractivity contribution in [2.75, 3.05) is 26.4 Å². The molecule has 0 radical (unpaired) electrons. The molecule has 0 spiro atoms. The first kappa shape index (κ1) is 13.9. The lowest BCUT2D eigenvalue weighted by atomic mass is 10.1. The van der Waals surface area contributed by atoms with Gasteiger partial charge in [0.05, 0.1) is 6.61 Å². The van der Waals surface area contributed by atoms with E-state index in [-0.39, 0.29) is 6.29 Å². The van der Waals surface area contributed by atoms with Crippen molar-refractivity contribution in [3.63, 3.8) is 0 Å². The van der Waals surface area contributed by atoms with Gasteiger partial charge in [-0.1, -0.05) is 20.3 Å². The Labute approximate surface area is 87.7 Å². The molecule has 14 heavy (non-hydrogen) atoms. The van der Waals surface area contributed by atoms with Crippen LogP contribution >= 0.6 is 0 Å². The summed E-state index contributed by atoms with van der Waals surface area (Å²) in [5.74, 6) is 0.610. The van der Waals surface area contributed by atoms with Gasteiger partial charge >= 0.3 is 0 Å². The topological polar surface area (TPSA) is 27.7 Å². The average Bonchev–Trinajstić information content (AvgIpc) is 2.18. The van der Waals surface area contributed by atoms with Crippen molar-refractivity contribution >= 4 is 0 Å². The first-order chi connectivity index (χ1) is 6.74. The van der Waals surface area contributed by atoms with E-state index in [9.17, 15) is 0 Å². The van der Waals surface area contributed by atoms with Crippen LogP contribution in [0.4, 0.5) is 0 Å². The molecule has 3 nitrogen and oxygen atoms in total. The third-order valence-electron chi connectivity index (χ3n) is 2.06. The summed E-state index contributed by atoms with van der Waals surface area (Å²) >= 11 is 0. The van der Waals surface area contributed by atoms with Gasteiger partial charge in [0.1, 0.15) is 0 Å². The lowest BCUT2D eigenvalue weighted by Gasteiger charge is -2.18. The molecule has 0 aliphatic rings. The molecule has 0 saturated carbocycles. The van der Waals surface area contributed by atoms with Crippen molar-refractivity contribution in [1.29, 1.82) is 0 Å². The minimum absolute atomic E-state index is 0.200. The highest BCUT2D eigenvalue weighted by atomic mass is 16.7. The Kier molecular flexibility index (Phi) is 9.35. The third-order valence-corrected chi connectivity index (χ3v) is 2.06. The number of hydrogen-bond donors (Lipinski definition) is 0. The smallest absolute Gasteiger partial charge is 0.180 e. The second-order valence-electron chi connectivity index (χ2n) is 3.39. The predicted molar refractivity (Wildman–Crippen MR) is 57.3 cm³/mol. The summed E-state index contributed by atoms with van der Waals surface area (Å²) in [6.07, 6.45) is 0.947. The Morgan fingerprint density at radius 2 is 1.50 bits per heavy atom. The molecule has 0 saturated heterocycles. The van der Waals surface area contributed by atoms with Crippen molar-refractivity contribution in [2.24, 2.45) is 5.92 Å². The monoisotopic (exact) mass is 204 g/mol. The third kappa shape index (κ3) is 7.30. The van der Waals surface area contributed by atoms with E-state index in [4.69, 9.17) is 14.2 Å². The molecular formula is C11H24O3. The van der Waals surface area contributed by atoms with Crippen molar-refractivity contribution in [1.82, 2.24) is 0 Å². The van der Waals surface area contributed by atoms with E-state index in [0.717, 1.165) is 13.0 Å². The molecule has 0 heterocycles. The van der Waals surface area contributed by atoms with Crippen molar-refractivity contribution < 1.29 is 14.2 Å². The molecule has 0 unspecified atom stereocenters. The lowest BCUT2D eigenvalue weighted by molar-refractivity contribution is -0.169. The number of hydrogen-bond acceptors (Lipinski definition) is 3. The van der Waals surface area contributed by atoms with E-state index < -0.39 is 0 Å². The van der Waals surface area contributed by atoms with Crippen LogP contribution in [0.1, 0.15) is 34.1 Å². The molecule has 1 atom stereocenters. The minimum Gasteiger partial charge on any atom is -0.376 e. The molecule has 0 aromatic carbocycles. The van der Waals surface area contributed by atoms with Gasteiger partial charge in [-0.2, -0.15) is 0 Å². The van der Waals surface area contributed by atoms with Crippen molar-refractivity contribution in [3.8, 4) is 0 Å². The standard InChI is InChI=1S/C11H24O3/c1-5-10(4)8-12-9-11(13-6-2)14-7-3/h10-11H,5-9H2,1-4H3/t10-/m0/s1. The summed E-state index contributed by atoms with van der Waals surface area (Å²) < 4.78 is 16.2. The summed E-state index contributed by atoms with van der Waals surface area (Å²) in [6, 6.07) is 0. The van der Waals surface area contributed by atoms with Gasteiger partial charge in [0, 0.05) is 19.8 Å². The Balaban J connectivity index is 3.49. The van der Waals surface area contributed by atoms with Gasteiger partial charge in [-0.05, 0) is 19.8 Å². The molecule has 0 aliphatic carbocycles. The highest BCUT2D eigenvalue weighted by Crippen LogP contribution is 2.02. The van der Waals surface area contributed by atoms with Gasteiger partial charge in [-0.3, -0.25) is 0 Å². The van der Waals surface area contributed by atoms with Gasteiger partial charge in [-0.25, -0.2) is 0 Å². The first-order valence-electron chi connectivity index (χ1n) is 5.55. The maximum atomic E-state index is 5.50. The number of rotatable bonds is 9. The van der Waals surface area contributed by atoms with E-state index in [1.54, 1.807) is 0 Å². The van der Waals surface area contributed by atoms with Gasteiger partial charge in [0.25, 0.3) is 0 Å². The molecule has 0 aromatic rings. The van der Waals surface area contributed by atoms with Crippen LogP contribution in [0.15, 0.2) is 0 Å². The maximum absolute atomic E-state index is 5.50.